The van der Waals surface area contributed by atoms with Gasteiger partial charge in [-0.2, -0.15) is 13.2 Å². The van der Waals surface area contributed by atoms with Crippen LogP contribution >= 0.6 is 11.8 Å². The lowest BCUT2D eigenvalue weighted by Crippen LogP contribution is -2.38. The Morgan fingerprint density at radius 3 is 2.38 bits per heavy atom. The molecule has 0 fully saturated rings. The normalized spacial score (nSPS) is 18.2. The molecule has 2 aliphatic heterocycles. The summed E-state index contributed by atoms with van der Waals surface area (Å²) >= 11 is 1.31. The van der Waals surface area contributed by atoms with E-state index in [2.05, 4.69) is 10.3 Å². The highest BCUT2D eigenvalue weighted by Crippen LogP contribution is 2.45. The molecule has 0 aliphatic carbocycles. The summed E-state index contributed by atoms with van der Waals surface area (Å²) in [5.74, 6) is -0.503. The molecule has 1 N–H and O–H groups in total. The molecule has 6 nitrogen and oxygen atoms in total. The van der Waals surface area contributed by atoms with Crippen LogP contribution < -0.4 is 5.32 Å². The maximum absolute atomic E-state index is 13.2. The monoisotopic (exact) mass is 495 g/mol. The minimum absolute atomic E-state index is 0.0431. The van der Waals surface area contributed by atoms with E-state index in [-0.39, 0.29) is 23.8 Å². The number of aliphatic imine (C=N–C) groups is 1. The fraction of sp³-hybridized carbons (Fsp3) is 0.458. The van der Waals surface area contributed by atoms with Crippen molar-refractivity contribution in [3.05, 3.63) is 57.8 Å². The first-order valence-electron chi connectivity index (χ1n) is 11.0. The van der Waals surface area contributed by atoms with Crippen LogP contribution in [0.25, 0.3) is 0 Å². The van der Waals surface area contributed by atoms with Gasteiger partial charge in [0.25, 0.3) is 0 Å². The first kappa shape index (κ1) is 25.9. The minimum Gasteiger partial charge on any atom is -0.459 e. The van der Waals surface area contributed by atoms with Crippen LogP contribution in [-0.4, -0.2) is 34.6 Å². The predicted molar refractivity (Wildman–Crippen MR) is 126 cm³/mol. The molecule has 1 aromatic carbocycles. The van der Waals surface area contributed by atoms with E-state index in [1.807, 2.05) is 13.8 Å². The minimum atomic E-state index is -4.48. The van der Waals surface area contributed by atoms with E-state index in [0.717, 1.165) is 12.1 Å². The summed E-state index contributed by atoms with van der Waals surface area (Å²) < 4.78 is 44.9. The highest BCUT2D eigenvalue weighted by Gasteiger charge is 2.41. The molecular weight excluding hydrogens is 467 g/mol. The quantitative estimate of drug-likeness (QED) is 0.514. The van der Waals surface area contributed by atoms with Gasteiger partial charge in [-0.1, -0.05) is 37.7 Å². The Bertz CT molecular complexity index is 1040. The van der Waals surface area contributed by atoms with Gasteiger partial charge in [0.15, 0.2) is 5.17 Å². The fourth-order valence-electron chi connectivity index (χ4n) is 3.62. The Hall–Kier alpha value is -2.75. The van der Waals surface area contributed by atoms with Crippen molar-refractivity contribution in [1.82, 2.24) is 10.2 Å². The van der Waals surface area contributed by atoms with Gasteiger partial charge in [0.2, 0.25) is 5.91 Å². The van der Waals surface area contributed by atoms with Crippen molar-refractivity contribution in [1.29, 1.82) is 0 Å². The number of nitrogens with one attached hydrogen (secondary N) is 1. The summed E-state index contributed by atoms with van der Waals surface area (Å²) in [5, 5.41) is 5.21. The molecule has 0 spiro atoms. The van der Waals surface area contributed by atoms with Crippen molar-refractivity contribution in [2.45, 2.75) is 59.4 Å². The molecule has 3 rings (SSSR count). The third-order valence-electron chi connectivity index (χ3n) is 5.17. The number of ether oxygens (including phenoxy) is 1. The van der Waals surface area contributed by atoms with Crippen molar-refractivity contribution in [2.75, 3.05) is 6.54 Å². The smallest absolute Gasteiger partial charge is 0.416 e. The average Bonchev–Trinajstić information content (AvgIpc) is 3.12. The van der Waals surface area contributed by atoms with Crippen molar-refractivity contribution >= 4 is 28.8 Å². The molecule has 0 radical (unpaired) electrons. The number of allylic oxidation sites excluding steroid dienone is 1. The Morgan fingerprint density at radius 2 is 1.82 bits per heavy atom. The van der Waals surface area contributed by atoms with Gasteiger partial charge in [0.1, 0.15) is 0 Å². The van der Waals surface area contributed by atoms with Gasteiger partial charge in [-0.05, 0) is 49.8 Å². The zero-order valence-electron chi connectivity index (χ0n) is 19.7. The summed E-state index contributed by atoms with van der Waals surface area (Å²) in [6.45, 7) is 9.60. The van der Waals surface area contributed by atoms with Crippen LogP contribution in [0.1, 0.15) is 58.2 Å². The topological polar surface area (TPSA) is 71.0 Å². The first-order chi connectivity index (χ1) is 15.9. The summed E-state index contributed by atoms with van der Waals surface area (Å²) in [6, 6.07) is 3.91. The number of rotatable bonds is 7. The van der Waals surface area contributed by atoms with Gasteiger partial charge in [0.05, 0.1) is 35.4 Å². The lowest BCUT2D eigenvalue weighted by Gasteiger charge is -2.36. The Morgan fingerprint density at radius 1 is 1.18 bits per heavy atom. The Labute approximate surface area is 201 Å². The second-order valence-corrected chi connectivity index (χ2v) is 9.68. The Balaban J connectivity index is 2.01. The van der Waals surface area contributed by atoms with E-state index in [0.29, 0.717) is 28.7 Å². The van der Waals surface area contributed by atoms with Gasteiger partial charge in [-0.15, -0.1) is 0 Å². The van der Waals surface area contributed by atoms with Gasteiger partial charge in [-0.3, -0.25) is 4.79 Å². The second-order valence-electron chi connectivity index (χ2n) is 8.84. The van der Waals surface area contributed by atoms with Crippen LogP contribution in [0.5, 0.6) is 0 Å². The van der Waals surface area contributed by atoms with Crippen molar-refractivity contribution in [3.63, 3.8) is 0 Å². The number of hydrogen-bond donors (Lipinski definition) is 1. The third-order valence-corrected chi connectivity index (χ3v) is 6.05. The molecular formula is C24H28F3N3O3S. The molecule has 34 heavy (non-hydrogen) atoms. The molecule has 2 aliphatic rings. The summed E-state index contributed by atoms with van der Waals surface area (Å²) in [4.78, 5) is 31.9. The van der Waals surface area contributed by atoms with Gasteiger partial charge < -0.3 is 15.0 Å². The van der Waals surface area contributed by atoms with Gasteiger partial charge in [0, 0.05) is 12.2 Å². The molecule has 1 amide bonds. The number of esters is 1. The van der Waals surface area contributed by atoms with Gasteiger partial charge >= 0.3 is 12.1 Å². The number of hydrogen-bond acceptors (Lipinski definition) is 6. The summed E-state index contributed by atoms with van der Waals surface area (Å²) in [7, 11) is 0. The lowest BCUT2D eigenvalue weighted by atomic mass is 9.93. The van der Waals surface area contributed by atoms with Crippen molar-refractivity contribution < 1.29 is 27.5 Å². The zero-order valence-corrected chi connectivity index (χ0v) is 20.5. The number of alkyl halides is 3. The molecule has 0 saturated carbocycles. The molecule has 0 saturated heterocycles. The number of thioether (sulfide) groups is 1. The van der Waals surface area contributed by atoms with E-state index in [1.165, 1.54) is 23.9 Å². The summed E-state index contributed by atoms with van der Waals surface area (Å²) in [5.41, 5.74) is 0.942. The number of fused-ring (bicyclic) bond motifs is 1. The van der Waals surface area contributed by atoms with Crippen LogP contribution in [0.2, 0.25) is 0 Å². The average molecular weight is 496 g/mol. The van der Waals surface area contributed by atoms with E-state index in [9.17, 15) is 22.8 Å². The number of halogens is 3. The van der Waals surface area contributed by atoms with E-state index >= 15 is 0 Å². The third kappa shape index (κ3) is 5.84. The molecule has 2 heterocycles. The maximum Gasteiger partial charge on any atom is 0.416 e. The SMILES string of the molecule is CC1=C(C(=O)OC(C)C)[C@@H](c2ccc(C(F)(F)F)cc2)N2C(CC(=O)NCC(C)C)=CSC2=N1. The number of nitrogens with zero attached hydrogens (tertiary/aromatic N) is 2. The van der Waals surface area contributed by atoms with Crippen molar-refractivity contribution in [2.24, 2.45) is 10.9 Å². The second kappa shape index (κ2) is 10.2. The largest absolute Gasteiger partial charge is 0.459 e. The molecule has 184 valence electrons. The number of carbonyl (C=O) groups excluding carboxylic acids is 2. The van der Waals surface area contributed by atoms with E-state index < -0.39 is 29.9 Å². The van der Waals surface area contributed by atoms with Crippen LogP contribution in [0, 0.1) is 5.92 Å². The molecule has 0 aromatic heterocycles. The van der Waals surface area contributed by atoms with Gasteiger partial charge in [-0.25, -0.2) is 9.79 Å². The van der Waals surface area contributed by atoms with Crippen LogP contribution in [0.15, 0.2) is 51.6 Å². The number of amidine groups is 1. The van der Waals surface area contributed by atoms with Crippen molar-refractivity contribution in [3.8, 4) is 0 Å². The first-order valence-corrected chi connectivity index (χ1v) is 11.9. The molecule has 10 heteroatoms. The molecule has 1 aromatic rings. The van der Waals surface area contributed by atoms with Crippen LogP contribution in [0.4, 0.5) is 13.2 Å². The molecule has 0 unspecified atom stereocenters. The van der Waals surface area contributed by atoms with Crippen LogP contribution in [-0.2, 0) is 20.5 Å². The van der Waals surface area contributed by atoms with E-state index in [1.54, 1.807) is 31.1 Å². The Kier molecular flexibility index (Phi) is 7.80. The van der Waals surface area contributed by atoms with Crippen LogP contribution in [0.3, 0.4) is 0 Å². The number of carbonyl (C=O) groups is 2. The fourth-order valence-corrected chi connectivity index (χ4v) is 4.59. The van der Waals surface area contributed by atoms with E-state index in [4.69, 9.17) is 4.74 Å². The maximum atomic E-state index is 13.2. The summed E-state index contributed by atoms with van der Waals surface area (Å²) in [6.07, 6.45) is -4.83. The predicted octanol–water partition coefficient (Wildman–Crippen LogP) is 5.39. The standard InChI is InChI=1S/C24H28F3N3O3S/c1-13(2)11-28-19(31)10-18-12-34-23-29-15(5)20(22(32)33-14(3)4)21(30(18)23)16-6-8-17(9-7-16)24(25,26)27/h6-9,12-14,21H,10-11H2,1-5H3,(H,28,31)/t21-/m1/s1. The molecule has 0 bridgehead atoms. The number of benzene rings is 1. The highest BCUT2D eigenvalue weighted by molar-refractivity contribution is 8.16. The molecule has 1 atom stereocenters. The lowest BCUT2D eigenvalue weighted by molar-refractivity contribution is -0.143. The number of amides is 1. The highest BCUT2D eigenvalue weighted by atomic mass is 32.2. The zero-order chi connectivity index (χ0) is 25.2.